The highest BCUT2D eigenvalue weighted by Gasteiger charge is 1.98. The summed E-state index contributed by atoms with van der Waals surface area (Å²) in [4.78, 5) is 11.0. The number of esters is 1. The Morgan fingerprint density at radius 2 is 2.07 bits per heavy atom. The smallest absolute Gasteiger partial charge is 0.310 e. The van der Waals surface area contributed by atoms with E-state index < -0.39 is 0 Å². The molecule has 0 radical (unpaired) electrons. The summed E-state index contributed by atoms with van der Waals surface area (Å²) < 4.78 is 4.82. The van der Waals surface area contributed by atoms with Crippen molar-refractivity contribution < 1.29 is 14.6 Å². The lowest BCUT2D eigenvalue weighted by Crippen LogP contribution is -2.00. The molecule has 3 nitrogen and oxygen atoms in total. The van der Waals surface area contributed by atoms with Gasteiger partial charge in [-0.1, -0.05) is 30.3 Å². The number of aliphatic hydroxyl groups excluding tert-OH is 1. The van der Waals surface area contributed by atoms with Gasteiger partial charge in [-0.3, -0.25) is 4.79 Å². The van der Waals surface area contributed by atoms with Gasteiger partial charge in [-0.25, -0.2) is 0 Å². The van der Waals surface area contributed by atoms with Crippen molar-refractivity contribution in [2.24, 2.45) is 0 Å². The molecule has 0 aliphatic heterocycles. The quantitative estimate of drug-likeness (QED) is 0.591. The van der Waals surface area contributed by atoms with Crippen molar-refractivity contribution in [2.75, 3.05) is 6.61 Å². The maximum absolute atomic E-state index is 11.0. The highest BCUT2D eigenvalue weighted by atomic mass is 16.5. The lowest BCUT2D eigenvalue weighted by atomic mass is 10.2. The van der Waals surface area contributed by atoms with E-state index >= 15 is 0 Å². The molecule has 0 bridgehead atoms. The minimum Gasteiger partial charge on any atom is -0.434 e. The molecule has 1 aromatic rings. The standard InChI is InChI=1S/C12H14O3/c13-9-4-7-12(14)15-10-8-11-5-2-1-3-6-11/h1-3,5-6,8,10,13H,4,7,9H2. The number of ether oxygens (including phenoxy) is 1. The fourth-order valence-corrected chi connectivity index (χ4v) is 1.03. The van der Waals surface area contributed by atoms with Gasteiger partial charge in [0.1, 0.15) is 0 Å². The maximum atomic E-state index is 11.0. The van der Waals surface area contributed by atoms with Gasteiger partial charge in [-0.05, 0) is 18.1 Å². The molecule has 0 unspecified atom stereocenters. The second-order valence-electron chi connectivity index (χ2n) is 3.03. The molecule has 3 heteroatoms. The lowest BCUT2D eigenvalue weighted by molar-refractivity contribution is -0.138. The first-order valence-electron chi connectivity index (χ1n) is 4.85. The predicted molar refractivity (Wildman–Crippen MR) is 57.9 cm³/mol. The molecule has 80 valence electrons. The highest BCUT2D eigenvalue weighted by Crippen LogP contribution is 2.01. The Kier molecular flexibility index (Phi) is 5.19. The monoisotopic (exact) mass is 206 g/mol. The zero-order chi connectivity index (χ0) is 10.9. The minimum atomic E-state index is -0.323. The molecule has 0 atom stereocenters. The van der Waals surface area contributed by atoms with E-state index in [0.717, 1.165) is 5.56 Å². The van der Waals surface area contributed by atoms with Crippen LogP contribution < -0.4 is 0 Å². The molecule has 0 saturated heterocycles. The number of benzene rings is 1. The summed E-state index contributed by atoms with van der Waals surface area (Å²) in [5.74, 6) is -0.323. The van der Waals surface area contributed by atoms with E-state index in [1.54, 1.807) is 6.08 Å². The van der Waals surface area contributed by atoms with Crippen LogP contribution in [0.2, 0.25) is 0 Å². The topological polar surface area (TPSA) is 46.5 Å². The van der Waals surface area contributed by atoms with Crippen molar-refractivity contribution >= 4 is 12.0 Å². The Morgan fingerprint density at radius 3 is 2.73 bits per heavy atom. The van der Waals surface area contributed by atoms with E-state index in [0.29, 0.717) is 6.42 Å². The predicted octanol–water partition coefficient (Wildman–Crippen LogP) is 1.97. The van der Waals surface area contributed by atoms with Crippen molar-refractivity contribution in [1.82, 2.24) is 0 Å². The molecule has 0 aromatic heterocycles. The number of rotatable bonds is 5. The third-order valence-corrected chi connectivity index (χ3v) is 1.80. The van der Waals surface area contributed by atoms with Crippen LogP contribution >= 0.6 is 0 Å². The summed E-state index contributed by atoms with van der Waals surface area (Å²) in [6.07, 6.45) is 3.78. The van der Waals surface area contributed by atoms with E-state index in [4.69, 9.17) is 9.84 Å². The fraction of sp³-hybridized carbons (Fsp3) is 0.250. The number of hydrogen-bond donors (Lipinski definition) is 1. The van der Waals surface area contributed by atoms with Gasteiger partial charge in [0, 0.05) is 13.0 Å². The van der Waals surface area contributed by atoms with Crippen molar-refractivity contribution in [3.8, 4) is 0 Å². The van der Waals surface area contributed by atoms with Gasteiger partial charge < -0.3 is 9.84 Å². The largest absolute Gasteiger partial charge is 0.434 e. The van der Waals surface area contributed by atoms with E-state index in [9.17, 15) is 4.79 Å². The average molecular weight is 206 g/mol. The Hall–Kier alpha value is -1.61. The fourth-order valence-electron chi connectivity index (χ4n) is 1.03. The first-order chi connectivity index (χ1) is 7.33. The Labute approximate surface area is 89.0 Å². The van der Waals surface area contributed by atoms with Crippen LogP contribution in [-0.2, 0) is 9.53 Å². The zero-order valence-corrected chi connectivity index (χ0v) is 8.43. The van der Waals surface area contributed by atoms with E-state index in [-0.39, 0.29) is 19.0 Å². The Bertz CT molecular complexity index is 317. The van der Waals surface area contributed by atoms with E-state index in [2.05, 4.69) is 0 Å². The molecule has 0 fully saturated rings. The van der Waals surface area contributed by atoms with Gasteiger partial charge in [0.2, 0.25) is 0 Å². The van der Waals surface area contributed by atoms with Crippen LogP contribution in [0.5, 0.6) is 0 Å². The highest BCUT2D eigenvalue weighted by molar-refractivity contribution is 5.70. The van der Waals surface area contributed by atoms with Crippen LogP contribution in [0.4, 0.5) is 0 Å². The summed E-state index contributed by atoms with van der Waals surface area (Å²) in [7, 11) is 0. The van der Waals surface area contributed by atoms with Crippen molar-refractivity contribution in [3.63, 3.8) is 0 Å². The van der Waals surface area contributed by atoms with Gasteiger partial charge in [-0.15, -0.1) is 0 Å². The van der Waals surface area contributed by atoms with Crippen LogP contribution in [0.1, 0.15) is 18.4 Å². The van der Waals surface area contributed by atoms with Crippen LogP contribution in [0.3, 0.4) is 0 Å². The van der Waals surface area contributed by atoms with Crippen molar-refractivity contribution in [3.05, 3.63) is 42.2 Å². The lowest BCUT2D eigenvalue weighted by Gasteiger charge is -1.97. The molecule has 1 N–H and O–H groups in total. The second-order valence-corrected chi connectivity index (χ2v) is 3.03. The zero-order valence-electron chi connectivity index (χ0n) is 8.43. The normalized spacial score (nSPS) is 10.5. The molecule has 0 spiro atoms. The molecular formula is C12H14O3. The van der Waals surface area contributed by atoms with Gasteiger partial charge in [0.25, 0.3) is 0 Å². The molecule has 1 aromatic carbocycles. The molecule has 0 saturated carbocycles. The third kappa shape index (κ3) is 4.98. The van der Waals surface area contributed by atoms with Gasteiger partial charge >= 0.3 is 5.97 Å². The minimum absolute atomic E-state index is 0.0114. The summed E-state index contributed by atoms with van der Waals surface area (Å²) in [6.45, 7) is 0.0114. The summed E-state index contributed by atoms with van der Waals surface area (Å²) >= 11 is 0. The van der Waals surface area contributed by atoms with E-state index in [1.165, 1.54) is 6.26 Å². The van der Waals surface area contributed by atoms with Gasteiger partial charge in [0.05, 0.1) is 6.26 Å². The number of carbonyl (C=O) groups is 1. The molecular weight excluding hydrogens is 192 g/mol. The number of hydrogen-bond acceptors (Lipinski definition) is 3. The summed E-state index contributed by atoms with van der Waals surface area (Å²) in [5.41, 5.74) is 0.979. The molecule has 0 aliphatic carbocycles. The second kappa shape index (κ2) is 6.79. The van der Waals surface area contributed by atoms with Gasteiger partial charge in [-0.2, -0.15) is 0 Å². The van der Waals surface area contributed by atoms with Gasteiger partial charge in [0.15, 0.2) is 0 Å². The number of carbonyl (C=O) groups excluding carboxylic acids is 1. The average Bonchev–Trinajstić information content (AvgIpc) is 2.28. The van der Waals surface area contributed by atoms with Crippen LogP contribution in [0.25, 0.3) is 6.08 Å². The summed E-state index contributed by atoms with van der Waals surface area (Å²) in [5, 5.41) is 8.49. The SMILES string of the molecule is O=C(CCCO)OC=Cc1ccccc1. The Morgan fingerprint density at radius 1 is 1.33 bits per heavy atom. The van der Waals surface area contributed by atoms with Crippen LogP contribution in [0.15, 0.2) is 36.6 Å². The molecule has 1 rings (SSSR count). The summed E-state index contributed by atoms with van der Waals surface area (Å²) in [6, 6.07) is 9.57. The molecule has 15 heavy (non-hydrogen) atoms. The van der Waals surface area contributed by atoms with E-state index in [1.807, 2.05) is 30.3 Å². The third-order valence-electron chi connectivity index (χ3n) is 1.80. The molecule has 0 amide bonds. The first kappa shape index (κ1) is 11.5. The molecule has 0 heterocycles. The maximum Gasteiger partial charge on any atom is 0.310 e. The Balaban J connectivity index is 2.31. The van der Waals surface area contributed by atoms with Crippen LogP contribution in [0, 0.1) is 0 Å². The van der Waals surface area contributed by atoms with Crippen LogP contribution in [-0.4, -0.2) is 17.7 Å². The van der Waals surface area contributed by atoms with Crippen molar-refractivity contribution in [1.29, 1.82) is 0 Å². The van der Waals surface area contributed by atoms with Crippen molar-refractivity contribution in [2.45, 2.75) is 12.8 Å². The first-order valence-corrected chi connectivity index (χ1v) is 4.85. The number of aliphatic hydroxyl groups is 1. The molecule has 0 aliphatic rings.